The number of benzene rings is 2. The van der Waals surface area contributed by atoms with Crippen molar-refractivity contribution in [3.8, 4) is 11.3 Å². The van der Waals surface area contributed by atoms with Crippen molar-refractivity contribution < 1.29 is 13.2 Å². The van der Waals surface area contributed by atoms with Crippen molar-refractivity contribution in [2.45, 2.75) is 17.9 Å². The summed E-state index contributed by atoms with van der Waals surface area (Å²) in [5, 5.41) is 5.29. The molecule has 0 fully saturated rings. The lowest BCUT2D eigenvalue weighted by Gasteiger charge is -2.13. The molecule has 140 valence electrons. The van der Waals surface area contributed by atoms with E-state index in [1.54, 1.807) is 0 Å². The number of aromatic nitrogens is 1. The van der Waals surface area contributed by atoms with Crippen molar-refractivity contribution in [3.63, 3.8) is 0 Å². The van der Waals surface area contributed by atoms with E-state index in [4.69, 9.17) is 11.6 Å². The molecule has 2 N–H and O–H groups in total. The molecule has 0 saturated carbocycles. The van der Waals surface area contributed by atoms with Gasteiger partial charge in [0.05, 0.1) is 16.6 Å². The predicted molar refractivity (Wildman–Crippen MR) is 107 cm³/mol. The summed E-state index contributed by atoms with van der Waals surface area (Å²) in [7, 11) is -3.84. The molecule has 3 aromatic rings. The van der Waals surface area contributed by atoms with Crippen LogP contribution in [0.15, 0.2) is 64.9 Å². The van der Waals surface area contributed by atoms with E-state index in [1.807, 2.05) is 35.7 Å². The zero-order valence-corrected chi connectivity index (χ0v) is 16.6. The van der Waals surface area contributed by atoms with Crippen LogP contribution >= 0.6 is 22.9 Å². The first-order valence-electron chi connectivity index (χ1n) is 7.95. The fourth-order valence-electron chi connectivity index (χ4n) is 2.25. The molecule has 1 unspecified atom stereocenters. The highest BCUT2D eigenvalue weighted by atomic mass is 35.5. The molecule has 1 aromatic heterocycles. The van der Waals surface area contributed by atoms with Gasteiger partial charge in [0.25, 0.3) is 0 Å². The monoisotopic (exact) mass is 421 g/mol. The molecular formula is C18H16ClN3O3S2. The van der Waals surface area contributed by atoms with Gasteiger partial charge >= 0.3 is 0 Å². The maximum atomic E-state index is 12.4. The summed E-state index contributed by atoms with van der Waals surface area (Å²) in [5.41, 5.74) is 1.68. The third kappa shape index (κ3) is 4.92. The van der Waals surface area contributed by atoms with Crippen LogP contribution in [-0.4, -0.2) is 25.4 Å². The van der Waals surface area contributed by atoms with Crippen LogP contribution < -0.4 is 10.0 Å². The highest BCUT2D eigenvalue weighted by molar-refractivity contribution is 7.89. The largest absolute Gasteiger partial charge is 0.301 e. The van der Waals surface area contributed by atoms with Crippen molar-refractivity contribution in [2.75, 3.05) is 5.32 Å². The number of carbonyl (C=O) groups is 1. The summed E-state index contributed by atoms with van der Waals surface area (Å²) in [6, 6.07) is 14.3. The van der Waals surface area contributed by atoms with E-state index in [-0.39, 0.29) is 4.90 Å². The Balaban J connectivity index is 1.66. The second-order valence-corrected chi connectivity index (χ2v) is 8.70. The van der Waals surface area contributed by atoms with Gasteiger partial charge in [0.15, 0.2) is 5.13 Å². The first-order valence-corrected chi connectivity index (χ1v) is 10.7. The smallest absolute Gasteiger partial charge is 0.244 e. The van der Waals surface area contributed by atoms with Gasteiger partial charge < -0.3 is 5.32 Å². The minimum absolute atomic E-state index is 0.0344. The Bertz CT molecular complexity index is 1040. The van der Waals surface area contributed by atoms with Gasteiger partial charge in [0.1, 0.15) is 0 Å². The molecule has 1 heterocycles. The van der Waals surface area contributed by atoms with Gasteiger partial charge in [0, 0.05) is 16.0 Å². The molecule has 9 heteroatoms. The van der Waals surface area contributed by atoms with Crippen LogP contribution in [0.25, 0.3) is 11.3 Å². The molecule has 0 saturated heterocycles. The van der Waals surface area contributed by atoms with E-state index in [2.05, 4.69) is 15.0 Å². The second kappa shape index (κ2) is 8.18. The number of nitrogens with zero attached hydrogens (tertiary/aromatic N) is 1. The molecule has 0 bridgehead atoms. The van der Waals surface area contributed by atoms with Crippen LogP contribution in [-0.2, 0) is 14.8 Å². The zero-order valence-electron chi connectivity index (χ0n) is 14.2. The first kappa shape index (κ1) is 19.5. The number of sulfonamides is 1. The normalized spacial score (nSPS) is 12.5. The van der Waals surface area contributed by atoms with Crippen molar-refractivity contribution in [1.82, 2.24) is 9.71 Å². The molecule has 1 amide bonds. The molecule has 1 atom stereocenters. The maximum absolute atomic E-state index is 12.4. The fourth-order valence-corrected chi connectivity index (χ4v) is 4.31. The van der Waals surface area contributed by atoms with E-state index in [0.29, 0.717) is 10.2 Å². The Morgan fingerprint density at radius 2 is 1.78 bits per heavy atom. The Morgan fingerprint density at radius 3 is 2.44 bits per heavy atom. The maximum Gasteiger partial charge on any atom is 0.244 e. The summed E-state index contributed by atoms with van der Waals surface area (Å²) in [5.74, 6) is -0.499. The predicted octanol–water partition coefficient (Wildman–Crippen LogP) is 3.77. The van der Waals surface area contributed by atoms with Gasteiger partial charge in [0.2, 0.25) is 15.9 Å². The zero-order chi connectivity index (χ0) is 19.4. The van der Waals surface area contributed by atoms with E-state index in [9.17, 15) is 13.2 Å². The summed E-state index contributed by atoms with van der Waals surface area (Å²) < 4.78 is 27.0. The van der Waals surface area contributed by atoms with Gasteiger partial charge in [-0.1, -0.05) is 41.9 Å². The number of thiazole rings is 1. The molecule has 3 rings (SSSR count). The van der Waals surface area contributed by atoms with Gasteiger partial charge in [-0.25, -0.2) is 13.4 Å². The lowest BCUT2D eigenvalue weighted by atomic mass is 10.2. The SMILES string of the molecule is CC(NS(=O)(=O)c1ccc(Cl)cc1)C(=O)Nc1nc(-c2ccccc2)cs1. The van der Waals surface area contributed by atoms with Gasteiger partial charge in [-0.05, 0) is 31.2 Å². The minimum Gasteiger partial charge on any atom is -0.301 e. The number of rotatable bonds is 6. The van der Waals surface area contributed by atoms with E-state index >= 15 is 0 Å². The van der Waals surface area contributed by atoms with Crippen LogP contribution in [0.5, 0.6) is 0 Å². The van der Waals surface area contributed by atoms with Crippen molar-refractivity contribution in [2.24, 2.45) is 0 Å². The molecule has 0 aliphatic rings. The van der Waals surface area contributed by atoms with E-state index in [1.165, 1.54) is 42.5 Å². The van der Waals surface area contributed by atoms with Crippen LogP contribution in [0.2, 0.25) is 5.02 Å². The summed E-state index contributed by atoms with van der Waals surface area (Å²) in [4.78, 5) is 16.7. The standard InChI is InChI=1S/C18H16ClN3O3S2/c1-12(22-27(24,25)15-9-7-14(19)8-10-15)17(23)21-18-20-16(11-26-18)13-5-3-2-4-6-13/h2-12,22H,1H3,(H,20,21,23). The van der Waals surface area contributed by atoms with Crippen LogP contribution in [0.4, 0.5) is 5.13 Å². The number of anilines is 1. The Hall–Kier alpha value is -2.26. The first-order chi connectivity index (χ1) is 12.8. The fraction of sp³-hybridized carbons (Fsp3) is 0.111. The van der Waals surface area contributed by atoms with Crippen molar-refractivity contribution in [3.05, 3.63) is 65.0 Å². The van der Waals surface area contributed by atoms with Crippen LogP contribution in [0, 0.1) is 0 Å². The van der Waals surface area contributed by atoms with Crippen LogP contribution in [0.3, 0.4) is 0 Å². The highest BCUT2D eigenvalue weighted by Gasteiger charge is 2.22. The Morgan fingerprint density at radius 1 is 1.11 bits per heavy atom. The molecule has 6 nitrogen and oxygen atoms in total. The van der Waals surface area contributed by atoms with Gasteiger partial charge in [-0.2, -0.15) is 4.72 Å². The van der Waals surface area contributed by atoms with Crippen LogP contribution in [0.1, 0.15) is 6.92 Å². The molecule has 2 aromatic carbocycles. The number of halogens is 1. The molecule has 0 aliphatic heterocycles. The minimum atomic E-state index is -3.84. The quantitative estimate of drug-likeness (QED) is 0.634. The highest BCUT2D eigenvalue weighted by Crippen LogP contribution is 2.24. The van der Waals surface area contributed by atoms with Gasteiger partial charge in [-0.3, -0.25) is 4.79 Å². The lowest BCUT2D eigenvalue weighted by molar-refractivity contribution is -0.117. The summed E-state index contributed by atoms with van der Waals surface area (Å²) >= 11 is 7.04. The average molecular weight is 422 g/mol. The molecule has 0 spiro atoms. The second-order valence-electron chi connectivity index (χ2n) is 5.69. The third-order valence-electron chi connectivity index (χ3n) is 3.65. The van der Waals surface area contributed by atoms with Crippen molar-refractivity contribution >= 4 is 44.0 Å². The summed E-state index contributed by atoms with van der Waals surface area (Å²) in [6.07, 6.45) is 0. The Labute approximate surface area is 166 Å². The van der Waals surface area contributed by atoms with E-state index in [0.717, 1.165) is 11.3 Å². The van der Waals surface area contributed by atoms with Crippen molar-refractivity contribution in [1.29, 1.82) is 0 Å². The Kier molecular flexibility index (Phi) is 5.91. The number of hydrogen-bond acceptors (Lipinski definition) is 5. The lowest BCUT2D eigenvalue weighted by Crippen LogP contribution is -2.41. The van der Waals surface area contributed by atoms with E-state index < -0.39 is 22.0 Å². The molecule has 27 heavy (non-hydrogen) atoms. The number of amides is 1. The molecular weight excluding hydrogens is 406 g/mol. The molecule has 0 radical (unpaired) electrons. The number of hydrogen-bond donors (Lipinski definition) is 2. The number of carbonyl (C=O) groups excluding carboxylic acids is 1. The molecule has 0 aliphatic carbocycles. The summed E-state index contributed by atoms with van der Waals surface area (Å²) in [6.45, 7) is 1.47. The number of nitrogens with one attached hydrogen (secondary N) is 2. The third-order valence-corrected chi connectivity index (χ3v) is 6.22. The average Bonchev–Trinajstić information content (AvgIpc) is 3.11. The van der Waals surface area contributed by atoms with Gasteiger partial charge in [-0.15, -0.1) is 11.3 Å². The topological polar surface area (TPSA) is 88.2 Å².